The van der Waals surface area contributed by atoms with Crippen LogP contribution in [0.4, 0.5) is 0 Å². The van der Waals surface area contributed by atoms with E-state index in [1.807, 2.05) is 5.01 Å². The number of hydrazine groups is 1. The van der Waals surface area contributed by atoms with E-state index < -0.39 is 5.97 Å². The summed E-state index contributed by atoms with van der Waals surface area (Å²) in [6, 6.07) is 0. The van der Waals surface area contributed by atoms with Crippen molar-refractivity contribution in [1.82, 2.24) is 25.4 Å². The van der Waals surface area contributed by atoms with Gasteiger partial charge in [-0.3, -0.25) is 15.0 Å². The van der Waals surface area contributed by atoms with Crippen molar-refractivity contribution >= 4 is 11.9 Å². The first-order valence-electron chi connectivity index (χ1n) is 5.83. The molecule has 1 fully saturated rings. The second-order valence-corrected chi connectivity index (χ2v) is 4.18. The summed E-state index contributed by atoms with van der Waals surface area (Å²) in [5.74, 6) is -1.38. The summed E-state index contributed by atoms with van der Waals surface area (Å²) in [6.45, 7) is 1.36. The maximum Gasteiger partial charge on any atom is 0.325 e. The molecular weight excluding hydrogens is 238 g/mol. The number of rotatable bonds is 4. The van der Waals surface area contributed by atoms with Gasteiger partial charge < -0.3 is 5.11 Å². The maximum absolute atomic E-state index is 11.8. The number of hydrogen-bond donors (Lipinski definition) is 2. The number of aliphatic carboxylic acids is 1. The third-order valence-corrected chi connectivity index (χ3v) is 2.68. The summed E-state index contributed by atoms with van der Waals surface area (Å²) >= 11 is 0. The normalized spacial score (nSPS) is 16.4. The Hall–Kier alpha value is -1.96. The average Bonchev–Trinajstić information content (AvgIpc) is 2.78. The second-order valence-electron chi connectivity index (χ2n) is 4.18. The molecule has 1 aromatic heterocycles. The van der Waals surface area contributed by atoms with Crippen LogP contribution in [0, 0.1) is 0 Å². The molecule has 2 rings (SSSR count). The van der Waals surface area contributed by atoms with Crippen LogP contribution in [0.1, 0.15) is 29.8 Å². The standard InChI is InChI=1S/C10H15N5O3/c16-9(17)7-15-6-8(11-13-15)10(18)12-14-4-2-1-3-5-14/h6H,1-5,7H2,(H,12,18)(H,16,17). The molecule has 0 aromatic carbocycles. The minimum absolute atomic E-state index is 0.127. The number of hydrogen-bond acceptors (Lipinski definition) is 5. The number of aromatic nitrogens is 3. The summed E-state index contributed by atoms with van der Waals surface area (Å²) in [5, 5.41) is 17.7. The zero-order chi connectivity index (χ0) is 13.0. The SMILES string of the molecule is O=C(O)Cn1cc(C(=O)NN2CCCCC2)nn1. The van der Waals surface area contributed by atoms with Gasteiger partial charge >= 0.3 is 5.97 Å². The van der Waals surface area contributed by atoms with Crippen molar-refractivity contribution in [3.8, 4) is 0 Å². The van der Waals surface area contributed by atoms with Crippen molar-refractivity contribution in [3.05, 3.63) is 11.9 Å². The minimum atomic E-state index is -1.03. The van der Waals surface area contributed by atoms with Gasteiger partial charge in [0.25, 0.3) is 5.91 Å². The molecule has 1 aliphatic rings. The van der Waals surface area contributed by atoms with Gasteiger partial charge in [-0.25, -0.2) is 9.69 Å². The van der Waals surface area contributed by atoms with Crippen molar-refractivity contribution < 1.29 is 14.7 Å². The van der Waals surface area contributed by atoms with E-state index in [4.69, 9.17) is 5.11 Å². The van der Waals surface area contributed by atoms with E-state index in [0.29, 0.717) is 0 Å². The Kier molecular flexibility index (Phi) is 3.88. The van der Waals surface area contributed by atoms with Gasteiger partial charge in [-0.1, -0.05) is 11.6 Å². The van der Waals surface area contributed by atoms with E-state index in [1.54, 1.807) is 0 Å². The van der Waals surface area contributed by atoms with Crippen molar-refractivity contribution in [2.45, 2.75) is 25.8 Å². The van der Waals surface area contributed by atoms with Gasteiger partial charge in [0.15, 0.2) is 5.69 Å². The fourth-order valence-corrected chi connectivity index (χ4v) is 1.82. The lowest BCUT2D eigenvalue weighted by molar-refractivity contribution is -0.137. The van der Waals surface area contributed by atoms with Crippen LogP contribution in [-0.2, 0) is 11.3 Å². The largest absolute Gasteiger partial charge is 0.480 e. The fourth-order valence-electron chi connectivity index (χ4n) is 1.82. The summed E-state index contributed by atoms with van der Waals surface area (Å²) in [7, 11) is 0. The van der Waals surface area contributed by atoms with Crippen molar-refractivity contribution in [1.29, 1.82) is 0 Å². The van der Waals surface area contributed by atoms with E-state index >= 15 is 0 Å². The highest BCUT2D eigenvalue weighted by molar-refractivity contribution is 5.91. The number of nitrogens with one attached hydrogen (secondary N) is 1. The van der Waals surface area contributed by atoms with E-state index in [9.17, 15) is 9.59 Å². The van der Waals surface area contributed by atoms with Crippen molar-refractivity contribution in [2.75, 3.05) is 13.1 Å². The number of carbonyl (C=O) groups excluding carboxylic acids is 1. The van der Waals surface area contributed by atoms with Crippen LogP contribution in [0.25, 0.3) is 0 Å². The Bertz CT molecular complexity index is 438. The van der Waals surface area contributed by atoms with Crippen LogP contribution in [-0.4, -0.2) is 50.1 Å². The number of amides is 1. The summed E-state index contributed by atoms with van der Waals surface area (Å²) in [4.78, 5) is 22.3. The molecule has 1 aliphatic heterocycles. The first-order chi connectivity index (χ1) is 8.65. The fraction of sp³-hybridized carbons (Fsp3) is 0.600. The number of piperidine rings is 1. The third-order valence-electron chi connectivity index (χ3n) is 2.68. The lowest BCUT2D eigenvalue weighted by Gasteiger charge is -2.26. The van der Waals surface area contributed by atoms with Gasteiger partial charge in [0.1, 0.15) is 6.54 Å². The molecule has 2 N–H and O–H groups in total. The van der Waals surface area contributed by atoms with Crippen molar-refractivity contribution in [3.63, 3.8) is 0 Å². The molecule has 8 nitrogen and oxygen atoms in total. The van der Waals surface area contributed by atoms with Gasteiger partial charge in [0.2, 0.25) is 0 Å². The maximum atomic E-state index is 11.8. The molecule has 0 spiro atoms. The highest BCUT2D eigenvalue weighted by Crippen LogP contribution is 2.06. The van der Waals surface area contributed by atoms with Gasteiger partial charge in [0.05, 0.1) is 6.20 Å². The van der Waals surface area contributed by atoms with E-state index in [0.717, 1.165) is 30.6 Å². The van der Waals surface area contributed by atoms with E-state index in [2.05, 4.69) is 15.7 Å². The molecule has 98 valence electrons. The molecule has 1 saturated heterocycles. The number of carboxylic acids is 1. The molecule has 0 atom stereocenters. The molecule has 1 amide bonds. The third kappa shape index (κ3) is 3.27. The number of carboxylic acid groups (broad SMARTS) is 1. The molecular formula is C10H15N5O3. The predicted molar refractivity (Wildman–Crippen MR) is 60.5 cm³/mol. The Labute approximate surface area is 104 Å². The smallest absolute Gasteiger partial charge is 0.325 e. The lowest BCUT2D eigenvalue weighted by atomic mass is 10.2. The zero-order valence-corrected chi connectivity index (χ0v) is 9.87. The quantitative estimate of drug-likeness (QED) is 0.749. The van der Waals surface area contributed by atoms with Crippen LogP contribution in [0.5, 0.6) is 0 Å². The lowest BCUT2D eigenvalue weighted by Crippen LogP contribution is -2.45. The van der Waals surface area contributed by atoms with Crippen LogP contribution >= 0.6 is 0 Å². The Morgan fingerprint density at radius 1 is 1.33 bits per heavy atom. The molecule has 8 heteroatoms. The molecule has 0 saturated carbocycles. The Balaban J connectivity index is 1.91. The van der Waals surface area contributed by atoms with E-state index in [-0.39, 0.29) is 18.1 Å². The number of nitrogens with zero attached hydrogens (tertiary/aromatic N) is 4. The topological polar surface area (TPSA) is 100 Å². The Morgan fingerprint density at radius 2 is 2.06 bits per heavy atom. The molecule has 0 bridgehead atoms. The monoisotopic (exact) mass is 253 g/mol. The first-order valence-corrected chi connectivity index (χ1v) is 5.83. The second kappa shape index (κ2) is 5.58. The van der Waals surface area contributed by atoms with Crippen LogP contribution in [0.3, 0.4) is 0 Å². The highest BCUT2D eigenvalue weighted by Gasteiger charge is 2.16. The molecule has 0 aliphatic carbocycles. The van der Waals surface area contributed by atoms with Gasteiger partial charge in [-0.05, 0) is 12.8 Å². The number of carbonyl (C=O) groups is 2. The van der Waals surface area contributed by atoms with Gasteiger partial charge in [0, 0.05) is 13.1 Å². The summed E-state index contributed by atoms with van der Waals surface area (Å²) in [6.07, 6.45) is 4.63. The zero-order valence-electron chi connectivity index (χ0n) is 9.87. The molecule has 0 unspecified atom stereocenters. The minimum Gasteiger partial charge on any atom is -0.480 e. The predicted octanol–water partition coefficient (Wildman–Crippen LogP) is -0.507. The highest BCUT2D eigenvalue weighted by atomic mass is 16.4. The Morgan fingerprint density at radius 3 is 2.72 bits per heavy atom. The van der Waals surface area contributed by atoms with Gasteiger partial charge in [-0.2, -0.15) is 0 Å². The van der Waals surface area contributed by atoms with E-state index in [1.165, 1.54) is 12.6 Å². The first kappa shape index (κ1) is 12.5. The average molecular weight is 253 g/mol. The van der Waals surface area contributed by atoms with Crippen LogP contribution < -0.4 is 5.43 Å². The summed E-state index contributed by atoms with van der Waals surface area (Å²) in [5.41, 5.74) is 2.86. The molecule has 0 radical (unpaired) electrons. The van der Waals surface area contributed by atoms with Crippen LogP contribution in [0.2, 0.25) is 0 Å². The van der Waals surface area contributed by atoms with Gasteiger partial charge in [-0.15, -0.1) is 5.10 Å². The molecule has 18 heavy (non-hydrogen) atoms. The molecule has 1 aromatic rings. The van der Waals surface area contributed by atoms with Crippen LogP contribution in [0.15, 0.2) is 6.20 Å². The summed E-state index contributed by atoms with van der Waals surface area (Å²) < 4.78 is 1.12. The van der Waals surface area contributed by atoms with Crippen molar-refractivity contribution in [2.24, 2.45) is 0 Å². The molecule has 2 heterocycles.